The molecule has 3 aromatic carbocycles. The number of esters is 1. The van der Waals surface area contributed by atoms with Crippen LogP contribution in [-0.4, -0.2) is 28.3 Å². The Hall–Kier alpha value is -3.64. The van der Waals surface area contributed by atoms with Crippen molar-refractivity contribution in [2.45, 2.75) is 19.9 Å². The average Bonchev–Trinajstić information content (AvgIpc) is 3.18. The molecule has 1 atom stereocenters. The molecule has 1 heterocycles. The molecule has 1 N–H and O–H groups in total. The first-order valence-corrected chi connectivity index (χ1v) is 10.7. The molecule has 0 saturated carbocycles. The fraction of sp³-hybridized carbons (Fsp3) is 0.160. The van der Waals surface area contributed by atoms with Crippen molar-refractivity contribution in [3.05, 3.63) is 83.4 Å². The van der Waals surface area contributed by atoms with Gasteiger partial charge in [-0.2, -0.15) is 5.10 Å². The zero-order valence-corrected chi connectivity index (χ0v) is 18.5. The number of carbonyl (C=O) groups is 2. The van der Waals surface area contributed by atoms with Crippen molar-refractivity contribution >= 4 is 40.1 Å². The molecule has 0 aliphatic rings. The Bertz CT molecular complexity index is 1280. The summed E-state index contributed by atoms with van der Waals surface area (Å²) in [4.78, 5) is 25.1. The molecule has 0 bridgehead atoms. The van der Waals surface area contributed by atoms with Crippen LogP contribution in [0.2, 0.25) is 5.02 Å². The number of hydrogen-bond acceptors (Lipinski definition) is 4. The third-order valence-electron chi connectivity index (χ3n) is 5.10. The Morgan fingerprint density at radius 1 is 1.06 bits per heavy atom. The van der Waals surface area contributed by atoms with Gasteiger partial charge in [0.15, 0.2) is 0 Å². The topological polar surface area (TPSA) is 73.2 Å². The average molecular weight is 448 g/mol. The highest BCUT2D eigenvalue weighted by Gasteiger charge is 2.22. The van der Waals surface area contributed by atoms with Crippen LogP contribution in [-0.2, 0) is 9.53 Å². The Kier molecular flexibility index (Phi) is 6.23. The lowest BCUT2D eigenvalue weighted by molar-refractivity contribution is -0.118. The van der Waals surface area contributed by atoms with Crippen LogP contribution in [0.4, 0.5) is 5.69 Å². The zero-order valence-electron chi connectivity index (χ0n) is 17.7. The van der Waals surface area contributed by atoms with Crippen LogP contribution in [0.15, 0.2) is 72.8 Å². The van der Waals surface area contributed by atoms with Crippen molar-refractivity contribution in [3.8, 4) is 11.3 Å². The number of ether oxygens (including phenoxy) is 1. The molecular weight excluding hydrogens is 426 g/mol. The van der Waals surface area contributed by atoms with Gasteiger partial charge in [0.1, 0.15) is 11.7 Å². The summed E-state index contributed by atoms with van der Waals surface area (Å²) in [5.41, 5.74) is 3.38. The minimum Gasteiger partial charge on any atom is -0.462 e. The fourth-order valence-electron chi connectivity index (χ4n) is 3.51. The van der Waals surface area contributed by atoms with E-state index in [4.69, 9.17) is 21.4 Å². The van der Waals surface area contributed by atoms with Crippen molar-refractivity contribution in [3.63, 3.8) is 0 Å². The van der Waals surface area contributed by atoms with Gasteiger partial charge in [0.2, 0.25) is 5.91 Å². The lowest BCUT2D eigenvalue weighted by Gasteiger charge is -2.14. The van der Waals surface area contributed by atoms with Crippen molar-refractivity contribution in [1.29, 1.82) is 0 Å². The molecule has 0 fully saturated rings. The van der Waals surface area contributed by atoms with Gasteiger partial charge in [-0.05, 0) is 50.2 Å². The van der Waals surface area contributed by atoms with Crippen molar-refractivity contribution in [2.75, 3.05) is 11.9 Å². The first kappa shape index (κ1) is 21.6. The normalized spacial score (nSPS) is 11.8. The molecular formula is C25H22ClN3O3. The number of halogens is 1. The third-order valence-corrected chi connectivity index (χ3v) is 5.34. The van der Waals surface area contributed by atoms with Gasteiger partial charge in [0.25, 0.3) is 0 Å². The van der Waals surface area contributed by atoms with E-state index >= 15 is 0 Å². The van der Waals surface area contributed by atoms with Crippen LogP contribution in [0.3, 0.4) is 0 Å². The van der Waals surface area contributed by atoms with Crippen LogP contribution in [0.1, 0.15) is 30.2 Å². The molecule has 0 aliphatic carbocycles. The maximum absolute atomic E-state index is 13.1. The Morgan fingerprint density at radius 3 is 2.59 bits per heavy atom. The molecule has 4 aromatic rings. The van der Waals surface area contributed by atoms with Crippen LogP contribution in [0, 0.1) is 0 Å². The predicted octanol–water partition coefficient (Wildman–Crippen LogP) is 5.73. The highest BCUT2D eigenvalue weighted by atomic mass is 35.5. The molecule has 0 radical (unpaired) electrons. The smallest absolute Gasteiger partial charge is 0.338 e. The van der Waals surface area contributed by atoms with Gasteiger partial charge >= 0.3 is 5.97 Å². The number of anilines is 1. The van der Waals surface area contributed by atoms with Crippen LogP contribution < -0.4 is 5.32 Å². The second-order valence-corrected chi connectivity index (χ2v) is 7.72. The summed E-state index contributed by atoms with van der Waals surface area (Å²) in [6, 6.07) is 21.3. The maximum atomic E-state index is 13.1. The Balaban J connectivity index is 1.66. The highest BCUT2D eigenvalue weighted by Crippen LogP contribution is 2.32. The summed E-state index contributed by atoms with van der Waals surface area (Å²) in [6.07, 6.45) is 0. The van der Waals surface area contributed by atoms with Crippen molar-refractivity contribution in [1.82, 2.24) is 9.78 Å². The van der Waals surface area contributed by atoms with Crippen LogP contribution >= 0.6 is 11.6 Å². The molecule has 1 amide bonds. The summed E-state index contributed by atoms with van der Waals surface area (Å²) < 4.78 is 6.72. The van der Waals surface area contributed by atoms with Crippen LogP contribution in [0.25, 0.3) is 22.2 Å². The highest BCUT2D eigenvalue weighted by molar-refractivity contribution is 6.31. The predicted molar refractivity (Wildman–Crippen MR) is 126 cm³/mol. The molecule has 32 heavy (non-hydrogen) atoms. The summed E-state index contributed by atoms with van der Waals surface area (Å²) in [6.45, 7) is 3.81. The standard InChI is InChI=1S/C25H22ClN3O3/c1-3-32-25(31)18-10-7-11-20(14-18)27-24(30)16(2)29-22-13-12-19(26)15-21(22)23(28-29)17-8-5-4-6-9-17/h4-16H,3H2,1-2H3,(H,27,30)/t16-/m0/s1. The molecule has 0 unspecified atom stereocenters. The number of nitrogens with zero attached hydrogens (tertiary/aromatic N) is 2. The van der Waals surface area contributed by atoms with Gasteiger partial charge in [-0.1, -0.05) is 48.0 Å². The molecule has 6 nitrogen and oxygen atoms in total. The van der Waals surface area contributed by atoms with Gasteiger partial charge in [-0.25, -0.2) is 4.79 Å². The van der Waals surface area contributed by atoms with Crippen LogP contribution in [0.5, 0.6) is 0 Å². The number of amides is 1. The minimum absolute atomic E-state index is 0.259. The molecule has 7 heteroatoms. The van der Waals surface area contributed by atoms with E-state index in [1.165, 1.54) is 0 Å². The zero-order chi connectivity index (χ0) is 22.7. The Labute approximate surface area is 190 Å². The minimum atomic E-state index is -0.609. The molecule has 0 aliphatic heterocycles. The number of rotatable bonds is 6. The van der Waals surface area contributed by atoms with Gasteiger partial charge in [0, 0.05) is 21.7 Å². The van der Waals surface area contributed by atoms with Crippen molar-refractivity contribution < 1.29 is 14.3 Å². The molecule has 162 valence electrons. The van der Waals surface area contributed by atoms with E-state index in [-0.39, 0.29) is 12.5 Å². The summed E-state index contributed by atoms with van der Waals surface area (Å²) in [5, 5.41) is 9.09. The number of hydrogen-bond donors (Lipinski definition) is 1. The van der Waals surface area contributed by atoms with E-state index < -0.39 is 12.0 Å². The van der Waals surface area contributed by atoms with E-state index in [1.54, 1.807) is 48.9 Å². The van der Waals surface area contributed by atoms with E-state index in [1.807, 2.05) is 42.5 Å². The second kappa shape index (κ2) is 9.24. The van der Waals surface area contributed by atoms with Gasteiger partial charge in [-0.3, -0.25) is 9.48 Å². The second-order valence-electron chi connectivity index (χ2n) is 7.29. The Morgan fingerprint density at radius 2 is 1.84 bits per heavy atom. The van der Waals surface area contributed by atoms with E-state index in [2.05, 4.69) is 5.32 Å². The number of benzene rings is 3. The maximum Gasteiger partial charge on any atom is 0.338 e. The largest absolute Gasteiger partial charge is 0.462 e. The summed E-state index contributed by atoms with van der Waals surface area (Å²) >= 11 is 6.25. The fourth-order valence-corrected chi connectivity index (χ4v) is 3.69. The van der Waals surface area contributed by atoms with E-state index in [0.29, 0.717) is 16.3 Å². The van der Waals surface area contributed by atoms with Gasteiger partial charge in [0.05, 0.1) is 17.7 Å². The van der Waals surface area contributed by atoms with Crippen molar-refractivity contribution in [2.24, 2.45) is 0 Å². The molecule has 0 saturated heterocycles. The first-order chi connectivity index (χ1) is 15.5. The number of nitrogens with one attached hydrogen (secondary N) is 1. The molecule has 1 aromatic heterocycles. The third kappa shape index (κ3) is 4.36. The van der Waals surface area contributed by atoms with Gasteiger partial charge in [-0.15, -0.1) is 0 Å². The summed E-state index contributed by atoms with van der Waals surface area (Å²) in [7, 11) is 0. The van der Waals surface area contributed by atoms with Gasteiger partial charge < -0.3 is 10.1 Å². The molecule has 4 rings (SSSR count). The lowest BCUT2D eigenvalue weighted by Crippen LogP contribution is -2.24. The number of aromatic nitrogens is 2. The summed E-state index contributed by atoms with van der Waals surface area (Å²) in [5.74, 6) is -0.691. The SMILES string of the molecule is CCOC(=O)c1cccc(NC(=O)[C@H](C)n2nc(-c3ccccc3)c3cc(Cl)ccc32)c1. The quantitative estimate of drug-likeness (QED) is 0.383. The monoisotopic (exact) mass is 447 g/mol. The first-order valence-electron chi connectivity index (χ1n) is 10.3. The lowest BCUT2D eigenvalue weighted by atomic mass is 10.1. The number of carbonyl (C=O) groups excluding carboxylic acids is 2. The van der Waals surface area contributed by atoms with E-state index in [9.17, 15) is 9.59 Å². The van der Waals surface area contributed by atoms with E-state index in [0.717, 1.165) is 22.2 Å². The number of fused-ring (bicyclic) bond motifs is 1. The molecule has 0 spiro atoms.